The lowest BCUT2D eigenvalue weighted by Gasteiger charge is -2.18. The molecule has 2 aromatic rings. The quantitative estimate of drug-likeness (QED) is 0.656. The van der Waals surface area contributed by atoms with E-state index in [1.165, 1.54) is 0 Å². The Labute approximate surface area is 148 Å². The Kier molecular flexibility index (Phi) is 5.35. The van der Waals surface area contributed by atoms with Crippen molar-refractivity contribution in [3.63, 3.8) is 0 Å². The van der Waals surface area contributed by atoms with Crippen LogP contribution in [0.2, 0.25) is 5.02 Å². The average Bonchev–Trinajstić information content (AvgIpc) is 2.46. The second-order valence-corrected chi connectivity index (χ2v) is 8.68. The number of sulfonamides is 1. The Morgan fingerprint density at radius 2 is 1.54 bits per heavy atom. The molecule has 0 fully saturated rings. The number of aliphatic imine (C=N–C) groups is 1. The van der Waals surface area contributed by atoms with Crippen LogP contribution in [0.3, 0.4) is 0 Å². The minimum absolute atomic E-state index is 0.198. The molecule has 0 bridgehead atoms. The maximum atomic E-state index is 12.7. The van der Waals surface area contributed by atoms with Crippen LogP contribution < -0.4 is 4.72 Å². The summed E-state index contributed by atoms with van der Waals surface area (Å²) in [7, 11) is -3.72. The Hall–Kier alpha value is -1.85. The van der Waals surface area contributed by atoms with Crippen LogP contribution >= 0.6 is 11.6 Å². The van der Waals surface area contributed by atoms with Crippen molar-refractivity contribution < 1.29 is 8.42 Å². The van der Waals surface area contributed by atoms with E-state index in [2.05, 4.69) is 9.71 Å². The van der Waals surface area contributed by atoms with Crippen molar-refractivity contribution in [2.45, 2.75) is 38.1 Å². The molecule has 0 unspecified atom stereocenters. The van der Waals surface area contributed by atoms with E-state index in [-0.39, 0.29) is 4.90 Å². The molecular weight excluding hydrogens is 344 g/mol. The van der Waals surface area contributed by atoms with Crippen LogP contribution in [0, 0.1) is 6.92 Å². The van der Waals surface area contributed by atoms with E-state index in [0.717, 1.165) is 5.56 Å². The number of nitrogens with one attached hydrogen (secondary N) is 1. The summed E-state index contributed by atoms with van der Waals surface area (Å²) >= 11 is 5.91. The van der Waals surface area contributed by atoms with Gasteiger partial charge in [-0.25, -0.2) is 8.42 Å². The molecule has 0 aliphatic carbocycles. The number of amidine groups is 1. The van der Waals surface area contributed by atoms with E-state index >= 15 is 0 Å². The fraction of sp³-hybridized carbons (Fsp3) is 0.278. The molecular formula is C18H21ClN2O2S. The minimum atomic E-state index is -3.72. The Morgan fingerprint density at radius 1 is 1.00 bits per heavy atom. The molecule has 2 rings (SSSR count). The van der Waals surface area contributed by atoms with Crippen molar-refractivity contribution in [1.29, 1.82) is 0 Å². The molecule has 6 heteroatoms. The maximum absolute atomic E-state index is 12.7. The van der Waals surface area contributed by atoms with Crippen molar-refractivity contribution >= 4 is 27.5 Å². The number of halogens is 1. The highest BCUT2D eigenvalue weighted by Crippen LogP contribution is 2.16. The second kappa shape index (κ2) is 6.95. The van der Waals surface area contributed by atoms with Gasteiger partial charge in [0.05, 0.1) is 10.4 Å². The van der Waals surface area contributed by atoms with Gasteiger partial charge in [0.2, 0.25) is 0 Å². The summed E-state index contributed by atoms with van der Waals surface area (Å²) in [6, 6.07) is 13.6. The van der Waals surface area contributed by atoms with Gasteiger partial charge in [-0.05, 0) is 64.1 Å². The summed E-state index contributed by atoms with van der Waals surface area (Å²) in [4.78, 5) is 4.72. The highest BCUT2D eigenvalue weighted by atomic mass is 35.5. The molecule has 24 heavy (non-hydrogen) atoms. The molecule has 0 radical (unpaired) electrons. The van der Waals surface area contributed by atoms with Gasteiger partial charge in [-0.1, -0.05) is 29.3 Å². The third-order valence-corrected chi connectivity index (χ3v) is 4.73. The molecule has 0 spiro atoms. The van der Waals surface area contributed by atoms with Crippen LogP contribution in [0.4, 0.5) is 0 Å². The van der Waals surface area contributed by atoms with E-state index in [1.54, 1.807) is 48.5 Å². The summed E-state index contributed by atoms with van der Waals surface area (Å²) < 4.78 is 27.9. The first-order valence-corrected chi connectivity index (χ1v) is 9.38. The second-order valence-electron chi connectivity index (χ2n) is 6.56. The lowest BCUT2D eigenvalue weighted by molar-refractivity contribution is 0.578. The molecule has 0 atom stereocenters. The summed E-state index contributed by atoms with van der Waals surface area (Å²) in [6.45, 7) is 7.62. The lowest BCUT2D eigenvalue weighted by atomic mass is 10.1. The average molecular weight is 365 g/mol. The van der Waals surface area contributed by atoms with E-state index in [1.807, 2.05) is 27.7 Å². The summed E-state index contributed by atoms with van der Waals surface area (Å²) in [5.41, 5.74) is 1.21. The van der Waals surface area contributed by atoms with Crippen LogP contribution in [-0.2, 0) is 10.0 Å². The van der Waals surface area contributed by atoms with Gasteiger partial charge < -0.3 is 0 Å². The van der Waals surface area contributed by atoms with Crippen molar-refractivity contribution in [2.24, 2.45) is 4.99 Å². The molecule has 4 nitrogen and oxygen atoms in total. The first kappa shape index (κ1) is 18.5. The maximum Gasteiger partial charge on any atom is 0.263 e. The molecule has 1 N–H and O–H groups in total. The molecule has 0 amide bonds. The standard InChI is InChI=1S/C18H21ClN2O2S/c1-13-5-11-16(12-6-13)24(22,23)21-17(20-18(2,3)4)14-7-9-15(19)10-8-14/h5-12H,1-4H3,(H,20,21). The van der Waals surface area contributed by atoms with Gasteiger partial charge in [0.1, 0.15) is 5.84 Å². The molecule has 0 heterocycles. The van der Waals surface area contributed by atoms with Crippen LogP contribution in [0.5, 0.6) is 0 Å². The molecule has 0 aromatic heterocycles. The Balaban J connectivity index is 2.43. The van der Waals surface area contributed by atoms with Gasteiger partial charge in [-0.2, -0.15) is 0 Å². The van der Waals surface area contributed by atoms with Crippen molar-refractivity contribution in [3.05, 3.63) is 64.7 Å². The molecule has 128 valence electrons. The highest BCUT2D eigenvalue weighted by molar-refractivity contribution is 7.90. The normalized spacial score (nSPS) is 13.0. The highest BCUT2D eigenvalue weighted by Gasteiger charge is 2.19. The van der Waals surface area contributed by atoms with E-state index < -0.39 is 15.6 Å². The number of benzene rings is 2. The third-order valence-electron chi connectivity index (χ3n) is 3.13. The van der Waals surface area contributed by atoms with E-state index in [0.29, 0.717) is 16.4 Å². The first-order valence-electron chi connectivity index (χ1n) is 7.52. The number of nitrogens with zero attached hydrogens (tertiary/aromatic N) is 1. The number of rotatable bonds is 3. The van der Waals surface area contributed by atoms with Crippen LogP contribution in [0.25, 0.3) is 0 Å². The fourth-order valence-corrected chi connectivity index (χ4v) is 3.15. The third kappa shape index (κ3) is 5.08. The monoisotopic (exact) mass is 364 g/mol. The molecule has 0 saturated heterocycles. The predicted molar refractivity (Wildman–Crippen MR) is 99.2 cm³/mol. The topological polar surface area (TPSA) is 58.5 Å². The van der Waals surface area contributed by atoms with Gasteiger partial charge >= 0.3 is 0 Å². The molecule has 0 aliphatic rings. The van der Waals surface area contributed by atoms with Crippen LogP contribution in [0.1, 0.15) is 31.9 Å². The number of hydrogen-bond acceptors (Lipinski definition) is 3. The summed E-state index contributed by atoms with van der Waals surface area (Å²) in [6.07, 6.45) is 0. The van der Waals surface area contributed by atoms with Crippen molar-refractivity contribution in [1.82, 2.24) is 4.72 Å². The molecule has 2 aromatic carbocycles. The first-order chi connectivity index (χ1) is 11.1. The van der Waals surface area contributed by atoms with E-state index in [4.69, 9.17) is 11.6 Å². The predicted octanol–water partition coefficient (Wildman–Crippen LogP) is 4.17. The lowest BCUT2D eigenvalue weighted by Crippen LogP contribution is -2.33. The Bertz CT molecular complexity index is 834. The summed E-state index contributed by atoms with van der Waals surface area (Å²) in [5, 5.41) is 0.579. The zero-order valence-electron chi connectivity index (χ0n) is 14.2. The van der Waals surface area contributed by atoms with Gasteiger partial charge in [-0.15, -0.1) is 0 Å². The smallest absolute Gasteiger partial charge is 0.263 e. The Morgan fingerprint density at radius 3 is 2.04 bits per heavy atom. The summed E-state index contributed by atoms with van der Waals surface area (Å²) in [5.74, 6) is 0.291. The van der Waals surface area contributed by atoms with Crippen molar-refractivity contribution in [3.8, 4) is 0 Å². The van der Waals surface area contributed by atoms with Crippen molar-refractivity contribution in [2.75, 3.05) is 0 Å². The molecule has 0 saturated carbocycles. The SMILES string of the molecule is Cc1ccc(S(=O)(=O)NC(=NC(C)(C)C)c2ccc(Cl)cc2)cc1. The number of aryl methyl sites for hydroxylation is 1. The zero-order valence-corrected chi connectivity index (χ0v) is 15.7. The zero-order chi connectivity index (χ0) is 18.0. The van der Waals surface area contributed by atoms with E-state index in [9.17, 15) is 8.42 Å². The van der Waals surface area contributed by atoms with Gasteiger partial charge in [0, 0.05) is 10.6 Å². The minimum Gasteiger partial charge on any atom is -0.263 e. The van der Waals surface area contributed by atoms with Crippen LogP contribution in [0.15, 0.2) is 58.4 Å². The van der Waals surface area contributed by atoms with Crippen LogP contribution in [-0.4, -0.2) is 19.8 Å². The van der Waals surface area contributed by atoms with Gasteiger partial charge in [-0.3, -0.25) is 9.71 Å². The number of hydrogen-bond donors (Lipinski definition) is 1. The largest absolute Gasteiger partial charge is 0.263 e. The van der Waals surface area contributed by atoms with Gasteiger partial charge in [0.25, 0.3) is 10.0 Å². The fourth-order valence-electron chi connectivity index (χ4n) is 1.99. The molecule has 0 aliphatic heterocycles. The van der Waals surface area contributed by atoms with Gasteiger partial charge in [0.15, 0.2) is 0 Å².